The van der Waals surface area contributed by atoms with Crippen LogP contribution in [0.2, 0.25) is 5.02 Å². The van der Waals surface area contributed by atoms with Gasteiger partial charge in [-0.3, -0.25) is 0 Å². The Morgan fingerprint density at radius 1 is 1.26 bits per heavy atom. The van der Waals surface area contributed by atoms with Gasteiger partial charge in [0.15, 0.2) is 0 Å². The van der Waals surface area contributed by atoms with E-state index in [0.29, 0.717) is 17.9 Å². The molecule has 108 valence electrons. The zero-order valence-electron chi connectivity index (χ0n) is 11.5. The maximum atomic E-state index is 11.8. The quantitative estimate of drug-likeness (QED) is 0.803. The number of likely N-dealkylation sites (N-methyl/N-ethyl adjacent to an activating group) is 1. The van der Waals surface area contributed by atoms with E-state index in [1.54, 1.807) is 0 Å². The van der Waals surface area contributed by atoms with Crippen molar-refractivity contribution in [1.82, 2.24) is 5.32 Å². The highest BCUT2D eigenvalue weighted by atomic mass is 35.5. The van der Waals surface area contributed by atoms with Gasteiger partial charge in [0, 0.05) is 17.3 Å². The molecule has 0 radical (unpaired) electrons. The second kappa shape index (κ2) is 7.88. The molecule has 0 bridgehead atoms. The second-order valence-electron chi connectivity index (χ2n) is 4.72. The molecule has 1 N–H and O–H groups in total. The lowest BCUT2D eigenvalue weighted by Crippen LogP contribution is -2.21. The fourth-order valence-corrected chi connectivity index (χ4v) is 3.91. The van der Waals surface area contributed by atoms with E-state index in [-0.39, 0.29) is 17.4 Å². The highest BCUT2D eigenvalue weighted by Gasteiger charge is 2.18. The Balaban J connectivity index is 2.77. The van der Waals surface area contributed by atoms with Gasteiger partial charge < -0.3 is 5.32 Å². The number of hydrogen-bond donors (Lipinski definition) is 1. The van der Waals surface area contributed by atoms with Crippen LogP contribution in [0.5, 0.6) is 0 Å². The first-order chi connectivity index (χ1) is 9.00. The summed E-state index contributed by atoms with van der Waals surface area (Å²) in [4.78, 5) is 0. The Morgan fingerprint density at radius 3 is 2.53 bits per heavy atom. The molecule has 0 fully saturated rings. The van der Waals surface area contributed by atoms with Crippen LogP contribution in [0, 0.1) is 0 Å². The van der Waals surface area contributed by atoms with Gasteiger partial charge in [0.05, 0.1) is 5.75 Å². The molecular weight excluding hydrogens is 282 g/mol. The van der Waals surface area contributed by atoms with Gasteiger partial charge >= 0.3 is 0 Å². The topological polar surface area (TPSA) is 46.2 Å². The van der Waals surface area contributed by atoms with E-state index in [0.717, 1.165) is 12.1 Å². The van der Waals surface area contributed by atoms with Crippen molar-refractivity contribution in [3.8, 4) is 0 Å². The lowest BCUT2D eigenvalue weighted by atomic mass is 9.96. The number of halogens is 1. The molecule has 19 heavy (non-hydrogen) atoms. The molecule has 0 heterocycles. The summed E-state index contributed by atoms with van der Waals surface area (Å²) < 4.78 is 23.6. The molecule has 1 unspecified atom stereocenters. The Kier molecular flexibility index (Phi) is 6.83. The van der Waals surface area contributed by atoms with Crippen LogP contribution >= 0.6 is 11.6 Å². The molecule has 1 rings (SSSR count). The van der Waals surface area contributed by atoms with Crippen LogP contribution in [0.15, 0.2) is 24.3 Å². The van der Waals surface area contributed by atoms with Crippen molar-refractivity contribution >= 4 is 21.4 Å². The molecule has 1 aromatic rings. The Bertz CT molecular complexity index is 488. The number of benzene rings is 1. The van der Waals surface area contributed by atoms with Gasteiger partial charge in [-0.15, -0.1) is 0 Å². The van der Waals surface area contributed by atoms with Gasteiger partial charge in [-0.05, 0) is 37.4 Å². The van der Waals surface area contributed by atoms with E-state index in [4.69, 9.17) is 11.6 Å². The number of hydrogen-bond acceptors (Lipinski definition) is 3. The summed E-state index contributed by atoms with van der Waals surface area (Å²) in [7, 11) is -1.07. The van der Waals surface area contributed by atoms with Crippen molar-refractivity contribution in [3.05, 3.63) is 34.9 Å². The summed E-state index contributed by atoms with van der Waals surface area (Å²) in [6.45, 7) is 2.61. The summed E-state index contributed by atoms with van der Waals surface area (Å²) in [6, 6.07) is 7.64. The molecule has 0 amide bonds. The summed E-state index contributed by atoms with van der Waals surface area (Å²) >= 11 is 6.19. The predicted octanol–water partition coefficient (Wildman–Crippen LogP) is 2.86. The van der Waals surface area contributed by atoms with Crippen molar-refractivity contribution in [1.29, 1.82) is 0 Å². The van der Waals surface area contributed by atoms with Gasteiger partial charge in [-0.1, -0.05) is 36.7 Å². The van der Waals surface area contributed by atoms with Crippen LogP contribution in [0.25, 0.3) is 0 Å². The van der Waals surface area contributed by atoms with Crippen molar-refractivity contribution in [2.75, 3.05) is 25.1 Å². The minimum absolute atomic E-state index is 0.130. The largest absolute Gasteiger partial charge is 0.319 e. The summed E-state index contributed by atoms with van der Waals surface area (Å²) in [6.07, 6.45) is 1.28. The van der Waals surface area contributed by atoms with Crippen LogP contribution in [0.4, 0.5) is 0 Å². The lowest BCUT2D eigenvalue weighted by molar-refractivity contribution is 0.573. The van der Waals surface area contributed by atoms with Gasteiger partial charge in [-0.25, -0.2) is 8.42 Å². The van der Waals surface area contributed by atoms with Gasteiger partial charge in [-0.2, -0.15) is 0 Å². The number of nitrogens with one attached hydrogen (secondary N) is 1. The van der Waals surface area contributed by atoms with E-state index in [9.17, 15) is 8.42 Å². The lowest BCUT2D eigenvalue weighted by Gasteiger charge is -2.18. The monoisotopic (exact) mass is 303 g/mol. The highest BCUT2D eigenvalue weighted by molar-refractivity contribution is 7.91. The second-order valence-corrected chi connectivity index (χ2v) is 7.43. The maximum absolute atomic E-state index is 11.8. The van der Waals surface area contributed by atoms with Crippen LogP contribution in [-0.4, -0.2) is 33.5 Å². The molecule has 0 aliphatic heterocycles. The maximum Gasteiger partial charge on any atom is 0.150 e. The SMILES string of the molecule is CCCS(=O)(=O)CCC(CNC)c1ccccc1Cl. The van der Waals surface area contributed by atoms with E-state index >= 15 is 0 Å². The van der Waals surface area contributed by atoms with Crippen LogP contribution in [0.3, 0.4) is 0 Å². The normalized spacial score (nSPS) is 13.4. The fourth-order valence-electron chi connectivity index (χ4n) is 2.15. The van der Waals surface area contributed by atoms with Crippen LogP contribution in [-0.2, 0) is 9.84 Å². The molecule has 0 aliphatic carbocycles. The molecule has 1 atom stereocenters. The fraction of sp³-hybridized carbons (Fsp3) is 0.571. The average molecular weight is 304 g/mol. The van der Waals surface area contributed by atoms with Gasteiger partial charge in [0.25, 0.3) is 0 Å². The zero-order chi connectivity index (χ0) is 14.3. The van der Waals surface area contributed by atoms with E-state index < -0.39 is 9.84 Å². The average Bonchev–Trinajstić information content (AvgIpc) is 2.35. The zero-order valence-corrected chi connectivity index (χ0v) is 13.1. The molecule has 5 heteroatoms. The molecule has 1 aromatic carbocycles. The van der Waals surface area contributed by atoms with E-state index in [2.05, 4.69) is 5.32 Å². The molecule has 0 aliphatic rings. The molecule has 0 saturated heterocycles. The third kappa shape index (κ3) is 5.51. The first-order valence-corrected chi connectivity index (χ1v) is 8.79. The van der Waals surface area contributed by atoms with Crippen LogP contribution in [0.1, 0.15) is 31.2 Å². The third-order valence-electron chi connectivity index (χ3n) is 3.09. The van der Waals surface area contributed by atoms with Gasteiger partial charge in [0.1, 0.15) is 9.84 Å². The van der Waals surface area contributed by atoms with Crippen molar-refractivity contribution in [2.45, 2.75) is 25.7 Å². The first kappa shape index (κ1) is 16.5. The summed E-state index contributed by atoms with van der Waals surface area (Å²) in [5.74, 6) is 0.616. The van der Waals surface area contributed by atoms with E-state index in [1.807, 2.05) is 38.2 Å². The van der Waals surface area contributed by atoms with E-state index in [1.165, 1.54) is 0 Å². The third-order valence-corrected chi connectivity index (χ3v) is 5.32. The van der Waals surface area contributed by atoms with Crippen molar-refractivity contribution in [3.63, 3.8) is 0 Å². The molecule has 0 saturated carbocycles. The predicted molar refractivity (Wildman–Crippen MR) is 81.7 cm³/mol. The summed E-state index contributed by atoms with van der Waals surface area (Å²) in [5, 5.41) is 3.81. The van der Waals surface area contributed by atoms with Crippen LogP contribution < -0.4 is 5.32 Å². The minimum Gasteiger partial charge on any atom is -0.319 e. The molecule has 0 spiro atoms. The molecule has 3 nitrogen and oxygen atoms in total. The van der Waals surface area contributed by atoms with Crippen molar-refractivity contribution in [2.24, 2.45) is 0 Å². The standard InChI is InChI=1S/C14H22ClNO2S/c1-3-9-19(17,18)10-8-12(11-16-2)13-6-4-5-7-14(13)15/h4-7,12,16H,3,8-11H2,1-2H3. The minimum atomic E-state index is -2.94. The Morgan fingerprint density at radius 2 is 1.95 bits per heavy atom. The summed E-state index contributed by atoms with van der Waals surface area (Å²) in [5.41, 5.74) is 1.02. The number of sulfone groups is 1. The number of rotatable bonds is 8. The highest BCUT2D eigenvalue weighted by Crippen LogP contribution is 2.27. The molecule has 0 aromatic heterocycles. The van der Waals surface area contributed by atoms with Crippen molar-refractivity contribution < 1.29 is 8.42 Å². The Labute approximate surface area is 121 Å². The first-order valence-electron chi connectivity index (χ1n) is 6.59. The smallest absolute Gasteiger partial charge is 0.150 e. The Hall–Kier alpha value is -0.580. The molecular formula is C14H22ClNO2S. The van der Waals surface area contributed by atoms with Gasteiger partial charge in [0.2, 0.25) is 0 Å².